The van der Waals surface area contributed by atoms with Gasteiger partial charge in [-0.1, -0.05) is 17.7 Å². The van der Waals surface area contributed by atoms with Crippen LogP contribution < -0.4 is 16.0 Å². The molecule has 114 valence electrons. The molecule has 0 saturated carbocycles. The fourth-order valence-electron chi connectivity index (χ4n) is 3.39. The summed E-state index contributed by atoms with van der Waals surface area (Å²) in [5, 5.41) is 3.88. The summed E-state index contributed by atoms with van der Waals surface area (Å²) in [6, 6.07) is 6.43. The lowest BCUT2D eigenvalue weighted by atomic mass is 9.85. The van der Waals surface area contributed by atoms with Gasteiger partial charge in [-0.05, 0) is 43.4 Å². The number of hydrogen-bond donors (Lipinski definition) is 2. The molecule has 2 fully saturated rings. The van der Waals surface area contributed by atoms with Crippen LogP contribution in [-0.2, 0) is 4.79 Å². The molecule has 2 aliphatic rings. The van der Waals surface area contributed by atoms with Gasteiger partial charge in [-0.2, -0.15) is 0 Å². The van der Waals surface area contributed by atoms with Crippen molar-refractivity contribution in [2.24, 2.45) is 11.7 Å². The van der Waals surface area contributed by atoms with Crippen LogP contribution in [0.2, 0.25) is 5.02 Å². The summed E-state index contributed by atoms with van der Waals surface area (Å²) in [6.45, 7) is 3.85. The van der Waals surface area contributed by atoms with Crippen molar-refractivity contribution in [3.8, 4) is 0 Å². The minimum absolute atomic E-state index is 0.00385. The number of hydrogen-bond acceptors (Lipinski definition) is 3. The second-order valence-electron chi connectivity index (χ2n) is 6.21. The van der Waals surface area contributed by atoms with Crippen LogP contribution in [0.15, 0.2) is 18.2 Å². The van der Waals surface area contributed by atoms with E-state index in [1.807, 2.05) is 13.0 Å². The molecule has 2 unspecified atom stereocenters. The monoisotopic (exact) mass is 307 g/mol. The third-order valence-corrected chi connectivity index (χ3v) is 4.96. The number of carbonyl (C=O) groups excluding carboxylic acids is 1. The van der Waals surface area contributed by atoms with E-state index in [0.29, 0.717) is 18.4 Å². The van der Waals surface area contributed by atoms with E-state index in [9.17, 15) is 4.79 Å². The maximum atomic E-state index is 11.5. The van der Waals surface area contributed by atoms with Crippen LogP contribution in [0.4, 0.5) is 5.69 Å². The van der Waals surface area contributed by atoms with Gasteiger partial charge in [-0.25, -0.2) is 0 Å². The Labute approximate surface area is 130 Å². The first-order chi connectivity index (χ1) is 10.0. The molecule has 3 N–H and O–H groups in total. The van der Waals surface area contributed by atoms with Gasteiger partial charge in [0.05, 0.1) is 10.7 Å². The van der Waals surface area contributed by atoms with E-state index in [1.54, 1.807) is 0 Å². The van der Waals surface area contributed by atoms with Gasteiger partial charge in [0.1, 0.15) is 0 Å². The average Bonchev–Trinajstić information content (AvgIpc) is 2.46. The molecule has 2 heterocycles. The lowest BCUT2D eigenvalue weighted by molar-refractivity contribution is -0.124. The van der Waals surface area contributed by atoms with Gasteiger partial charge in [-0.3, -0.25) is 4.79 Å². The molecule has 0 aromatic heterocycles. The van der Waals surface area contributed by atoms with Crippen LogP contribution in [0.25, 0.3) is 0 Å². The Morgan fingerprint density at radius 3 is 2.95 bits per heavy atom. The zero-order chi connectivity index (χ0) is 15.0. The molecule has 1 amide bonds. The molecule has 21 heavy (non-hydrogen) atoms. The van der Waals surface area contributed by atoms with E-state index in [2.05, 4.69) is 22.3 Å². The third kappa shape index (κ3) is 3.01. The van der Waals surface area contributed by atoms with Crippen molar-refractivity contribution < 1.29 is 4.79 Å². The highest BCUT2D eigenvalue weighted by Gasteiger charge is 2.34. The Morgan fingerprint density at radius 1 is 1.43 bits per heavy atom. The standard InChI is InChI=1S/C16H22ClN3O/c1-10(18)11-2-4-15(13(17)8-11)20-7-6-14-12(9-20)3-5-16(21)19-14/h2,4,8,10,12,14H,3,5-7,9,18H2,1H3,(H,19,21)/t10-,12?,14?/m0/s1. The number of amides is 1. The summed E-state index contributed by atoms with van der Waals surface area (Å²) in [6.07, 6.45) is 2.61. The van der Waals surface area contributed by atoms with E-state index in [0.717, 1.165) is 42.2 Å². The Hall–Kier alpha value is -1.26. The fraction of sp³-hybridized carbons (Fsp3) is 0.562. The number of piperidine rings is 2. The van der Waals surface area contributed by atoms with E-state index in [1.165, 1.54) is 0 Å². The number of benzene rings is 1. The van der Waals surface area contributed by atoms with Gasteiger partial charge in [0.25, 0.3) is 0 Å². The zero-order valence-corrected chi connectivity index (χ0v) is 13.1. The molecule has 5 heteroatoms. The molecule has 2 saturated heterocycles. The van der Waals surface area contributed by atoms with Gasteiger partial charge in [0, 0.05) is 31.6 Å². The molecule has 4 nitrogen and oxygen atoms in total. The highest BCUT2D eigenvalue weighted by Crippen LogP contribution is 2.33. The lowest BCUT2D eigenvalue weighted by Gasteiger charge is -2.42. The molecular weight excluding hydrogens is 286 g/mol. The van der Waals surface area contributed by atoms with E-state index >= 15 is 0 Å². The molecule has 1 aromatic rings. The van der Waals surface area contributed by atoms with Crippen molar-refractivity contribution in [1.82, 2.24) is 5.32 Å². The zero-order valence-electron chi connectivity index (χ0n) is 12.3. The van der Waals surface area contributed by atoms with Crippen molar-refractivity contribution in [1.29, 1.82) is 0 Å². The van der Waals surface area contributed by atoms with Crippen LogP contribution in [-0.4, -0.2) is 25.0 Å². The number of carbonyl (C=O) groups is 1. The highest BCUT2D eigenvalue weighted by atomic mass is 35.5. The topological polar surface area (TPSA) is 58.4 Å². The number of nitrogens with two attached hydrogens (primary N) is 1. The first-order valence-electron chi connectivity index (χ1n) is 7.64. The molecule has 3 rings (SSSR count). The largest absolute Gasteiger partial charge is 0.370 e. The quantitative estimate of drug-likeness (QED) is 0.882. The third-order valence-electron chi connectivity index (χ3n) is 4.66. The second kappa shape index (κ2) is 5.85. The molecular formula is C16H22ClN3O. The van der Waals surface area contributed by atoms with Crippen molar-refractivity contribution in [3.05, 3.63) is 28.8 Å². The van der Waals surface area contributed by atoms with E-state index in [-0.39, 0.29) is 11.9 Å². The van der Waals surface area contributed by atoms with E-state index < -0.39 is 0 Å². The molecule has 1 aromatic carbocycles. The van der Waals surface area contributed by atoms with Crippen LogP contribution in [0.1, 0.15) is 37.8 Å². The van der Waals surface area contributed by atoms with Gasteiger partial charge < -0.3 is 16.0 Å². The summed E-state index contributed by atoms with van der Waals surface area (Å²) in [4.78, 5) is 13.8. The van der Waals surface area contributed by atoms with Crippen LogP contribution in [0, 0.1) is 5.92 Å². The summed E-state index contributed by atoms with van der Waals surface area (Å²) in [5.74, 6) is 0.727. The second-order valence-corrected chi connectivity index (χ2v) is 6.61. The summed E-state index contributed by atoms with van der Waals surface area (Å²) in [5.41, 5.74) is 8.04. The van der Waals surface area contributed by atoms with Gasteiger partial charge in [-0.15, -0.1) is 0 Å². The molecule has 3 atom stereocenters. The minimum Gasteiger partial charge on any atom is -0.370 e. The van der Waals surface area contributed by atoms with Crippen LogP contribution in [0.5, 0.6) is 0 Å². The Bertz CT molecular complexity index is 546. The Balaban J connectivity index is 1.75. The molecule has 0 radical (unpaired) electrons. The van der Waals surface area contributed by atoms with Crippen LogP contribution in [0.3, 0.4) is 0 Å². The normalized spacial score (nSPS) is 27.0. The van der Waals surface area contributed by atoms with Crippen molar-refractivity contribution in [2.45, 2.75) is 38.3 Å². The van der Waals surface area contributed by atoms with Gasteiger partial charge >= 0.3 is 0 Å². The number of nitrogens with one attached hydrogen (secondary N) is 1. The van der Waals surface area contributed by atoms with Crippen molar-refractivity contribution in [3.63, 3.8) is 0 Å². The first kappa shape index (κ1) is 14.7. The Kier molecular flexibility index (Phi) is 4.09. The average molecular weight is 308 g/mol. The SMILES string of the molecule is C[C@H](N)c1ccc(N2CCC3NC(=O)CCC3C2)c(Cl)c1. The Morgan fingerprint density at radius 2 is 2.24 bits per heavy atom. The fourth-order valence-corrected chi connectivity index (χ4v) is 3.70. The summed E-state index contributed by atoms with van der Waals surface area (Å²) < 4.78 is 0. The highest BCUT2D eigenvalue weighted by molar-refractivity contribution is 6.33. The van der Waals surface area contributed by atoms with E-state index in [4.69, 9.17) is 17.3 Å². The number of fused-ring (bicyclic) bond motifs is 1. The summed E-state index contributed by atoms with van der Waals surface area (Å²) in [7, 11) is 0. The summed E-state index contributed by atoms with van der Waals surface area (Å²) >= 11 is 6.44. The van der Waals surface area contributed by atoms with Crippen molar-refractivity contribution >= 4 is 23.2 Å². The molecule has 0 spiro atoms. The van der Waals surface area contributed by atoms with Gasteiger partial charge in [0.15, 0.2) is 0 Å². The van der Waals surface area contributed by atoms with Gasteiger partial charge in [0.2, 0.25) is 5.91 Å². The lowest BCUT2D eigenvalue weighted by Crippen LogP contribution is -2.54. The molecule has 2 aliphatic heterocycles. The number of halogens is 1. The molecule has 0 bridgehead atoms. The maximum absolute atomic E-state index is 11.5. The predicted molar refractivity (Wildman–Crippen MR) is 85.5 cm³/mol. The number of nitrogens with zero attached hydrogens (tertiary/aromatic N) is 1. The molecule has 0 aliphatic carbocycles. The maximum Gasteiger partial charge on any atom is 0.220 e. The number of anilines is 1. The smallest absolute Gasteiger partial charge is 0.220 e. The number of rotatable bonds is 2. The first-order valence-corrected chi connectivity index (χ1v) is 8.01. The minimum atomic E-state index is -0.00385. The van der Waals surface area contributed by atoms with Crippen molar-refractivity contribution in [2.75, 3.05) is 18.0 Å². The predicted octanol–water partition coefficient (Wildman–Crippen LogP) is 2.46. The van der Waals surface area contributed by atoms with Crippen LogP contribution >= 0.6 is 11.6 Å².